The van der Waals surface area contributed by atoms with Gasteiger partial charge in [0.25, 0.3) is 0 Å². The van der Waals surface area contributed by atoms with Crippen molar-refractivity contribution in [2.45, 2.75) is 59.8 Å². The summed E-state index contributed by atoms with van der Waals surface area (Å²) in [5.41, 5.74) is 1.11. The highest BCUT2D eigenvalue weighted by Crippen LogP contribution is 2.60. The van der Waals surface area contributed by atoms with Crippen LogP contribution < -0.4 is 0 Å². The normalized spacial score (nSPS) is 44.4. The molecule has 3 aliphatic rings. The van der Waals surface area contributed by atoms with Crippen LogP contribution in [0.25, 0.3) is 0 Å². The van der Waals surface area contributed by atoms with Crippen LogP contribution in [0.2, 0.25) is 0 Å². The van der Waals surface area contributed by atoms with Crippen molar-refractivity contribution < 1.29 is 9.59 Å². The molecule has 0 amide bonds. The van der Waals surface area contributed by atoms with Gasteiger partial charge >= 0.3 is 0 Å². The van der Waals surface area contributed by atoms with E-state index in [1.165, 1.54) is 5.57 Å². The molecule has 0 aromatic heterocycles. The standard InChI is InChI=1S/C20H28O2/c1-5-16-15-8-7-13-11-14(21)9-10-20(13,4)18(15)17(22)12-19(16,3)6-2/h9-11,15-16,18H,5-8,12H2,1-4H3/t15?,16?,18?,19-,20-/m0/s1. The quantitative estimate of drug-likeness (QED) is 0.752. The summed E-state index contributed by atoms with van der Waals surface area (Å²) < 4.78 is 0. The molecule has 2 saturated carbocycles. The number of carbonyl (C=O) groups excluding carboxylic acids is 2. The van der Waals surface area contributed by atoms with Crippen molar-refractivity contribution in [2.75, 3.05) is 0 Å². The minimum atomic E-state index is -0.226. The summed E-state index contributed by atoms with van der Waals surface area (Å²) in [4.78, 5) is 24.8. The van der Waals surface area contributed by atoms with Crippen LogP contribution >= 0.6 is 0 Å². The fourth-order valence-electron chi connectivity index (χ4n) is 5.66. The first kappa shape index (κ1) is 15.7. The number of fused-ring (bicyclic) bond motifs is 3. The highest BCUT2D eigenvalue weighted by atomic mass is 16.1. The van der Waals surface area contributed by atoms with Crippen LogP contribution in [0.15, 0.2) is 23.8 Å². The monoisotopic (exact) mass is 300 g/mol. The molecule has 2 nitrogen and oxygen atoms in total. The van der Waals surface area contributed by atoms with Gasteiger partial charge in [-0.25, -0.2) is 0 Å². The molecule has 0 spiro atoms. The van der Waals surface area contributed by atoms with Gasteiger partial charge in [0.2, 0.25) is 0 Å². The van der Waals surface area contributed by atoms with Crippen molar-refractivity contribution in [1.29, 1.82) is 0 Å². The van der Waals surface area contributed by atoms with Crippen LogP contribution in [-0.2, 0) is 9.59 Å². The van der Waals surface area contributed by atoms with E-state index in [0.717, 1.165) is 25.7 Å². The Bertz CT molecular complexity index is 570. The smallest absolute Gasteiger partial charge is 0.178 e. The van der Waals surface area contributed by atoms with Crippen LogP contribution in [-0.4, -0.2) is 11.6 Å². The van der Waals surface area contributed by atoms with Crippen LogP contribution in [0.4, 0.5) is 0 Å². The van der Waals surface area contributed by atoms with Gasteiger partial charge in [-0.05, 0) is 42.2 Å². The Balaban J connectivity index is 2.04. The van der Waals surface area contributed by atoms with Gasteiger partial charge in [0.15, 0.2) is 5.78 Å². The maximum atomic E-state index is 13.1. The average molecular weight is 300 g/mol. The molecule has 3 rings (SSSR count). The van der Waals surface area contributed by atoms with Crippen molar-refractivity contribution in [3.05, 3.63) is 23.8 Å². The molecule has 2 heteroatoms. The number of carbonyl (C=O) groups is 2. The Morgan fingerprint density at radius 2 is 1.95 bits per heavy atom. The zero-order chi connectivity index (χ0) is 16.1. The minimum Gasteiger partial charge on any atom is -0.299 e. The van der Waals surface area contributed by atoms with Crippen LogP contribution in [0, 0.1) is 28.6 Å². The highest BCUT2D eigenvalue weighted by molar-refractivity contribution is 6.01. The lowest BCUT2D eigenvalue weighted by molar-refractivity contribution is -0.143. The Morgan fingerprint density at radius 1 is 1.23 bits per heavy atom. The van der Waals surface area contributed by atoms with Crippen molar-refractivity contribution in [3.8, 4) is 0 Å². The van der Waals surface area contributed by atoms with E-state index in [0.29, 0.717) is 24.0 Å². The summed E-state index contributed by atoms with van der Waals surface area (Å²) in [6.45, 7) is 8.99. The fraction of sp³-hybridized carbons (Fsp3) is 0.700. The lowest BCUT2D eigenvalue weighted by atomic mass is 9.47. The summed E-state index contributed by atoms with van der Waals surface area (Å²) in [5.74, 6) is 1.66. The number of rotatable bonds is 2. The Morgan fingerprint density at radius 3 is 2.59 bits per heavy atom. The predicted molar refractivity (Wildman–Crippen MR) is 88.4 cm³/mol. The second-order valence-corrected chi connectivity index (χ2v) is 8.03. The first-order valence-corrected chi connectivity index (χ1v) is 8.82. The molecule has 3 aliphatic carbocycles. The Hall–Kier alpha value is -1.18. The number of allylic oxidation sites excluding steroid dienone is 4. The topological polar surface area (TPSA) is 34.1 Å². The molecule has 5 atom stereocenters. The van der Waals surface area contributed by atoms with E-state index in [9.17, 15) is 9.59 Å². The number of hydrogen-bond acceptors (Lipinski definition) is 2. The van der Waals surface area contributed by atoms with Crippen molar-refractivity contribution in [3.63, 3.8) is 0 Å². The third-order valence-corrected chi connectivity index (χ3v) is 7.01. The lowest BCUT2D eigenvalue weighted by Gasteiger charge is -2.56. The van der Waals surface area contributed by atoms with E-state index < -0.39 is 0 Å². The summed E-state index contributed by atoms with van der Waals surface area (Å²) in [7, 11) is 0. The first-order chi connectivity index (χ1) is 10.4. The van der Waals surface area contributed by atoms with E-state index >= 15 is 0 Å². The van der Waals surface area contributed by atoms with E-state index in [-0.39, 0.29) is 22.5 Å². The van der Waals surface area contributed by atoms with Gasteiger partial charge < -0.3 is 0 Å². The summed E-state index contributed by atoms with van der Waals surface area (Å²) in [6.07, 6.45) is 10.5. The molecular formula is C20H28O2. The van der Waals surface area contributed by atoms with E-state index in [1.54, 1.807) is 12.2 Å². The molecule has 3 unspecified atom stereocenters. The second kappa shape index (κ2) is 5.18. The largest absolute Gasteiger partial charge is 0.299 e. The van der Waals surface area contributed by atoms with Crippen LogP contribution in [0.5, 0.6) is 0 Å². The van der Waals surface area contributed by atoms with Crippen LogP contribution in [0.3, 0.4) is 0 Å². The Labute approximate surface area is 134 Å². The minimum absolute atomic E-state index is 0.0708. The average Bonchev–Trinajstić information content (AvgIpc) is 2.47. The number of Topliss-reactive ketones (excluding diaryl/α,β-unsaturated/α-hetero) is 1. The first-order valence-electron chi connectivity index (χ1n) is 8.82. The predicted octanol–water partition coefficient (Wildman–Crippen LogP) is 4.50. The van der Waals surface area contributed by atoms with Crippen molar-refractivity contribution in [1.82, 2.24) is 0 Å². The zero-order valence-electron chi connectivity index (χ0n) is 14.3. The fourth-order valence-corrected chi connectivity index (χ4v) is 5.66. The van der Waals surface area contributed by atoms with Gasteiger partial charge in [0.1, 0.15) is 5.78 Å². The van der Waals surface area contributed by atoms with Gasteiger partial charge in [-0.1, -0.05) is 52.2 Å². The van der Waals surface area contributed by atoms with Gasteiger partial charge in [-0.15, -0.1) is 0 Å². The number of hydrogen-bond donors (Lipinski definition) is 0. The molecule has 22 heavy (non-hydrogen) atoms. The molecule has 120 valence electrons. The van der Waals surface area contributed by atoms with Gasteiger partial charge in [-0.2, -0.15) is 0 Å². The van der Waals surface area contributed by atoms with E-state index in [1.807, 2.05) is 6.08 Å². The molecular weight excluding hydrogens is 272 g/mol. The Kier molecular flexibility index (Phi) is 3.70. The third kappa shape index (κ3) is 2.06. The molecule has 0 aromatic rings. The molecule has 2 fully saturated rings. The molecule has 0 aromatic carbocycles. The van der Waals surface area contributed by atoms with Gasteiger partial charge in [0, 0.05) is 17.8 Å². The highest BCUT2D eigenvalue weighted by Gasteiger charge is 2.56. The zero-order valence-corrected chi connectivity index (χ0v) is 14.3. The van der Waals surface area contributed by atoms with E-state index in [4.69, 9.17) is 0 Å². The van der Waals surface area contributed by atoms with E-state index in [2.05, 4.69) is 27.7 Å². The molecule has 0 heterocycles. The molecule has 0 N–H and O–H groups in total. The molecule has 0 bridgehead atoms. The molecule has 0 aliphatic heterocycles. The lowest BCUT2D eigenvalue weighted by Crippen LogP contribution is -2.54. The van der Waals surface area contributed by atoms with Gasteiger partial charge in [-0.3, -0.25) is 9.59 Å². The molecule has 0 radical (unpaired) electrons. The SMILES string of the molecule is CCC1C2CCC3=CC(=O)C=C[C@]3(C)C2C(=O)C[C@]1(C)CC. The van der Waals surface area contributed by atoms with Crippen molar-refractivity contribution in [2.24, 2.45) is 28.6 Å². The number of ketones is 2. The third-order valence-electron chi connectivity index (χ3n) is 7.01. The maximum Gasteiger partial charge on any atom is 0.178 e. The van der Waals surface area contributed by atoms with Crippen molar-refractivity contribution >= 4 is 11.6 Å². The van der Waals surface area contributed by atoms with Gasteiger partial charge in [0.05, 0.1) is 0 Å². The molecule has 0 saturated heterocycles. The summed E-state index contributed by atoms with van der Waals surface area (Å²) in [6, 6.07) is 0. The summed E-state index contributed by atoms with van der Waals surface area (Å²) >= 11 is 0. The van der Waals surface area contributed by atoms with Crippen LogP contribution in [0.1, 0.15) is 59.8 Å². The second-order valence-electron chi connectivity index (χ2n) is 8.03. The summed E-state index contributed by atoms with van der Waals surface area (Å²) in [5, 5.41) is 0. The maximum absolute atomic E-state index is 13.1.